The van der Waals surface area contributed by atoms with Gasteiger partial charge in [0.15, 0.2) is 0 Å². The Kier molecular flexibility index (Phi) is 6.19. The minimum absolute atomic E-state index is 0.122. The topological polar surface area (TPSA) is 79.5 Å². The van der Waals surface area contributed by atoms with Crippen molar-refractivity contribution >= 4 is 0 Å². The van der Waals surface area contributed by atoms with E-state index in [4.69, 9.17) is 5.53 Å². The molecule has 0 aliphatic heterocycles. The van der Waals surface area contributed by atoms with Crippen molar-refractivity contribution in [2.24, 2.45) is 5.11 Å². The highest BCUT2D eigenvalue weighted by molar-refractivity contribution is 5.64. The van der Waals surface area contributed by atoms with Crippen LogP contribution in [0.25, 0.3) is 21.6 Å². The monoisotopic (exact) mass is 400 g/mol. The van der Waals surface area contributed by atoms with Crippen LogP contribution in [0.15, 0.2) is 53.6 Å². The minimum atomic E-state index is -4.34. The van der Waals surface area contributed by atoms with Crippen LogP contribution in [0.5, 0.6) is 0 Å². The molecule has 0 amide bonds. The van der Waals surface area contributed by atoms with Crippen molar-refractivity contribution in [1.82, 2.24) is 14.8 Å². The van der Waals surface area contributed by atoms with Crippen molar-refractivity contribution in [1.29, 1.82) is 0 Å². The average Bonchev–Trinajstić information content (AvgIpc) is 3.08. The fourth-order valence-corrected chi connectivity index (χ4v) is 3.01. The van der Waals surface area contributed by atoms with Crippen LogP contribution >= 0.6 is 0 Å². The van der Waals surface area contributed by atoms with E-state index in [1.165, 1.54) is 12.1 Å². The minimum Gasteiger partial charge on any atom is -0.310 e. The van der Waals surface area contributed by atoms with Crippen LogP contribution in [0.3, 0.4) is 0 Å². The molecule has 0 N–H and O–H groups in total. The maximum Gasteiger partial charge on any atom is 0.416 e. The first-order chi connectivity index (χ1) is 13.9. The van der Waals surface area contributed by atoms with Gasteiger partial charge in [-0.1, -0.05) is 48.4 Å². The van der Waals surface area contributed by atoms with E-state index < -0.39 is 11.7 Å². The van der Waals surface area contributed by atoms with Gasteiger partial charge in [-0.3, -0.25) is 0 Å². The number of alkyl halides is 3. The van der Waals surface area contributed by atoms with Gasteiger partial charge in [0, 0.05) is 11.3 Å². The Morgan fingerprint density at radius 2 is 1.55 bits per heavy atom. The first-order valence-corrected chi connectivity index (χ1v) is 9.10. The summed E-state index contributed by atoms with van der Waals surface area (Å²) in [4.78, 5) is 2.77. The molecule has 0 radical (unpaired) electrons. The largest absolute Gasteiger partial charge is 0.416 e. The number of nitrogens with zero attached hydrogens (tertiary/aromatic N) is 6. The summed E-state index contributed by atoms with van der Waals surface area (Å²) in [5, 5.41) is 11.9. The van der Waals surface area contributed by atoms with E-state index in [1.54, 1.807) is 0 Å². The lowest BCUT2D eigenvalue weighted by molar-refractivity contribution is -0.137. The van der Waals surface area contributed by atoms with Gasteiger partial charge in [0.1, 0.15) is 11.6 Å². The lowest BCUT2D eigenvalue weighted by Gasteiger charge is -2.11. The summed E-state index contributed by atoms with van der Waals surface area (Å²) >= 11 is 0. The van der Waals surface area contributed by atoms with Crippen LogP contribution in [0.2, 0.25) is 0 Å². The average molecular weight is 400 g/mol. The van der Waals surface area contributed by atoms with Crippen LogP contribution in [-0.2, 0) is 25.7 Å². The lowest BCUT2D eigenvalue weighted by Crippen LogP contribution is -2.09. The van der Waals surface area contributed by atoms with Crippen molar-refractivity contribution in [3.63, 3.8) is 0 Å². The van der Waals surface area contributed by atoms with Crippen molar-refractivity contribution < 1.29 is 13.2 Å². The molecule has 0 saturated heterocycles. The van der Waals surface area contributed by atoms with Crippen LogP contribution < -0.4 is 0 Å². The second kappa shape index (κ2) is 8.79. The van der Waals surface area contributed by atoms with Gasteiger partial charge in [0.25, 0.3) is 0 Å². The summed E-state index contributed by atoms with van der Waals surface area (Å²) in [7, 11) is 0. The zero-order valence-corrected chi connectivity index (χ0v) is 15.8. The van der Waals surface area contributed by atoms with E-state index in [-0.39, 0.29) is 6.54 Å². The number of aromatic nitrogens is 3. The predicted octanol–water partition coefficient (Wildman–Crippen LogP) is 5.78. The molecule has 3 aromatic rings. The Hall–Kier alpha value is -3.32. The molecule has 1 aromatic heterocycles. The molecule has 0 fully saturated rings. The second-order valence-corrected chi connectivity index (χ2v) is 6.53. The Balaban J connectivity index is 1.81. The summed E-state index contributed by atoms with van der Waals surface area (Å²) in [5.74, 6) is 1.42. The Labute approximate surface area is 165 Å². The first kappa shape index (κ1) is 20.4. The summed E-state index contributed by atoms with van der Waals surface area (Å²) in [6, 6.07) is 12.7. The predicted molar refractivity (Wildman–Crippen MR) is 103 cm³/mol. The van der Waals surface area contributed by atoms with Gasteiger partial charge >= 0.3 is 6.18 Å². The Bertz CT molecular complexity index is 1000. The summed E-state index contributed by atoms with van der Waals surface area (Å²) in [6.45, 7) is 2.69. The van der Waals surface area contributed by atoms with E-state index in [1.807, 2.05) is 35.8 Å². The fraction of sp³-hybridized carbons (Fsp3) is 0.300. The molecule has 3 rings (SSSR count). The molecule has 0 aliphatic rings. The quantitative estimate of drug-likeness (QED) is 0.286. The van der Waals surface area contributed by atoms with E-state index in [9.17, 15) is 13.2 Å². The number of halogens is 3. The number of rotatable bonds is 7. The highest BCUT2D eigenvalue weighted by atomic mass is 19.4. The molecule has 0 atom stereocenters. The zero-order chi connectivity index (χ0) is 20.9. The van der Waals surface area contributed by atoms with Crippen LogP contribution in [0, 0.1) is 0 Å². The summed E-state index contributed by atoms with van der Waals surface area (Å²) in [5.41, 5.74) is 10.4. The first-order valence-electron chi connectivity index (χ1n) is 9.10. The molecule has 0 saturated carbocycles. The lowest BCUT2D eigenvalue weighted by atomic mass is 10.0. The molecular formula is C20H19F3N6. The molecule has 0 unspecified atom stereocenters. The highest BCUT2D eigenvalue weighted by Crippen LogP contribution is 2.31. The summed E-state index contributed by atoms with van der Waals surface area (Å²) in [6.07, 6.45) is -2.68. The van der Waals surface area contributed by atoms with E-state index in [0.717, 1.165) is 41.9 Å². The SMILES string of the molecule is CCCc1nnc(CN=[N+]=[N-])n1Cc1ccc(-c2ccc(C(F)(F)F)cc2)cc1. The molecule has 29 heavy (non-hydrogen) atoms. The van der Waals surface area contributed by atoms with Gasteiger partial charge in [-0.15, -0.1) is 10.2 Å². The van der Waals surface area contributed by atoms with Gasteiger partial charge in [-0.05, 0) is 40.8 Å². The van der Waals surface area contributed by atoms with Crippen LogP contribution in [-0.4, -0.2) is 14.8 Å². The van der Waals surface area contributed by atoms with E-state index in [2.05, 4.69) is 20.2 Å². The van der Waals surface area contributed by atoms with Gasteiger partial charge in [-0.2, -0.15) is 13.2 Å². The number of aryl methyl sites for hydroxylation is 1. The molecule has 1 heterocycles. The molecule has 6 nitrogen and oxygen atoms in total. The highest BCUT2D eigenvalue weighted by Gasteiger charge is 2.29. The van der Waals surface area contributed by atoms with Crippen molar-refractivity contribution in [3.8, 4) is 11.1 Å². The van der Waals surface area contributed by atoms with Crippen molar-refractivity contribution in [3.05, 3.63) is 81.7 Å². The van der Waals surface area contributed by atoms with E-state index >= 15 is 0 Å². The molecule has 9 heteroatoms. The van der Waals surface area contributed by atoms with E-state index in [0.29, 0.717) is 17.9 Å². The van der Waals surface area contributed by atoms with Gasteiger partial charge in [0.2, 0.25) is 0 Å². The van der Waals surface area contributed by atoms with Crippen molar-refractivity contribution in [2.75, 3.05) is 0 Å². The molecule has 0 aliphatic carbocycles. The third-order valence-corrected chi connectivity index (χ3v) is 4.49. The fourth-order valence-electron chi connectivity index (χ4n) is 3.01. The Morgan fingerprint density at radius 3 is 2.10 bits per heavy atom. The van der Waals surface area contributed by atoms with Crippen LogP contribution in [0.4, 0.5) is 13.2 Å². The number of hydrogen-bond acceptors (Lipinski definition) is 3. The number of azide groups is 1. The summed E-state index contributed by atoms with van der Waals surface area (Å²) < 4.78 is 40.1. The molecular weight excluding hydrogens is 381 g/mol. The molecule has 0 spiro atoms. The van der Waals surface area contributed by atoms with Gasteiger partial charge < -0.3 is 4.57 Å². The second-order valence-electron chi connectivity index (χ2n) is 6.53. The van der Waals surface area contributed by atoms with Gasteiger partial charge in [-0.25, -0.2) is 0 Å². The maximum absolute atomic E-state index is 12.7. The number of hydrogen-bond donors (Lipinski definition) is 0. The normalized spacial score (nSPS) is 11.3. The number of benzene rings is 2. The third kappa shape index (κ3) is 4.94. The zero-order valence-electron chi connectivity index (χ0n) is 15.8. The molecule has 150 valence electrons. The smallest absolute Gasteiger partial charge is 0.310 e. The standard InChI is InChI=1S/C20H19F3N6/c1-2-3-18-26-27-19(12-25-28-24)29(18)13-14-4-6-15(7-5-14)16-8-10-17(11-9-16)20(21,22)23/h4-11H,2-3,12-13H2,1H3. The maximum atomic E-state index is 12.7. The van der Waals surface area contributed by atoms with Crippen LogP contribution in [0.1, 0.15) is 36.1 Å². The van der Waals surface area contributed by atoms with Crippen molar-refractivity contribution in [2.45, 2.75) is 39.0 Å². The Morgan fingerprint density at radius 1 is 0.966 bits per heavy atom. The van der Waals surface area contributed by atoms with Gasteiger partial charge in [0.05, 0.1) is 18.7 Å². The molecule has 0 bridgehead atoms. The molecule has 2 aromatic carbocycles. The third-order valence-electron chi connectivity index (χ3n) is 4.49.